The zero-order valence-electron chi connectivity index (χ0n) is 16.0. The minimum Gasteiger partial charge on any atom is -0.450 e. The molecule has 1 aliphatic carbocycles. The smallest absolute Gasteiger partial charge is 0.409 e. The van der Waals surface area contributed by atoms with Crippen molar-refractivity contribution in [2.75, 3.05) is 19.7 Å². The number of amides is 2. The number of carbonyl (C=O) groups is 2. The Bertz CT molecular complexity index is 635. The van der Waals surface area contributed by atoms with Gasteiger partial charge in [0, 0.05) is 24.2 Å². The van der Waals surface area contributed by atoms with E-state index in [1.54, 1.807) is 4.90 Å². The van der Waals surface area contributed by atoms with Crippen molar-refractivity contribution in [2.45, 2.75) is 57.4 Å². The van der Waals surface area contributed by atoms with Crippen LogP contribution in [0.1, 0.15) is 56.9 Å². The second-order valence-corrected chi connectivity index (χ2v) is 7.98. The average molecular weight is 393 g/mol. The zero-order chi connectivity index (χ0) is 19.2. The van der Waals surface area contributed by atoms with Gasteiger partial charge in [-0.2, -0.15) is 0 Å². The van der Waals surface area contributed by atoms with Crippen LogP contribution in [0.15, 0.2) is 24.3 Å². The Morgan fingerprint density at radius 2 is 1.78 bits per heavy atom. The maximum Gasteiger partial charge on any atom is 0.409 e. The lowest BCUT2D eigenvalue weighted by atomic mass is 9.83. The molecule has 1 aromatic rings. The monoisotopic (exact) mass is 392 g/mol. The Kier molecular flexibility index (Phi) is 7.00. The first-order chi connectivity index (χ1) is 13.1. The van der Waals surface area contributed by atoms with Crippen molar-refractivity contribution >= 4 is 23.6 Å². The van der Waals surface area contributed by atoms with Gasteiger partial charge in [-0.15, -0.1) is 0 Å². The average Bonchev–Trinajstić information content (AvgIpc) is 3.18. The number of halogens is 1. The molecule has 148 valence electrons. The number of piperidine rings is 1. The summed E-state index contributed by atoms with van der Waals surface area (Å²) in [5.74, 6) is 0.387. The van der Waals surface area contributed by atoms with Crippen LogP contribution in [-0.2, 0) is 9.53 Å². The molecular formula is C21H29ClN2O3. The second kappa shape index (κ2) is 9.45. The summed E-state index contributed by atoms with van der Waals surface area (Å²) in [6.07, 6.45) is 5.86. The maximum atomic E-state index is 13.2. The number of carbonyl (C=O) groups excluding carboxylic acids is 2. The van der Waals surface area contributed by atoms with Crippen molar-refractivity contribution in [2.24, 2.45) is 5.92 Å². The Morgan fingerprint density at radius 3 is 2.37 bits per heavy atom. The Balaban J connectivity index is 1.61. The summed E-state index contributed by atoms with van der Waals surface area (Å²) in [5.41, 5.74) is 1.05. The highest BCUT2D eigenvalue weighted by Gasteiger charge is 2.34. The van der Waals surface area contributed by atoms with Crippen molar-refractivity contribution in [1.82, 2.24) is 10.2 Å². The quantitative estimate of drug-likeness (QED) is 0.810. The van der Waals surface area contributed by atoms with E-state index in [0.717, 1.165) is 31.2 Å². The summed E-state index contributed by atoms with van der Waals surface area (Å²) >= 11 is 6.03. The SMILES string of the molecule is CCOC(=O)N1CCC(NC(=O)C(c2ccc(Cl)cc2)C2CCCC2)CC1. The molecule has 0 spiro atoms. The molecule has 2 amide bonds. The van der Waals surface area contributed by atoms with Crippen LogP contribution in [0.4, 0.5) is 4.79 Å². The van der Waals surface area contributed by atoms with Crippen LogP contribution in [0.25, 0.3) is 0 Å². The van der Waals surface area contributed by atoms with Crippen molar-refractivity contribution in [3.63, 3.8) is 0 Å². The van der Waals surface area contributed by atoms with E-state index in [1.807, 2.05) is 31.2 Å². The predicted molar refractivity (Wildman–Crippen MR) is 106 cm³/mol. The first-order valence-electron chi connectivity index (χ1n) is 10.1. The number of likely N-dealkylation sites (tertiary alicyclic amines) is 1. The summed E-state index contributed by atoms with van der Waals surface area (Å²) < 4.78 is 5.06. The van der Waals surface area contributed by atoms with E-state index >= 15 is 0 Å². The fraction of sp³-hybridized carbons (Fsp3) is 0.619. The molecule has 1 atom stereocenters. The third kappa shape index (κ3) is 5.16. The van der Waals surface area contributed by atoms with Crippen LogP contribution in [0, 0.1) is 5.92 Å². The number of nitrogens with zero attached hydrogens (tertiary/aromatic N) is 1. The fourth-order valence-corrected chi connectivity index (χ4v) is 4.44. The molecule has 6 heteroatoms. The van der Waals surface area contributed by atoms with E-state index < -0.39 is 0 Å². The molecular weight excluding hydrogens is 364 g/mol. The summed E-state index contributed by atoms with van der Waals surface area (Å²) in [6, 6.07) is 7.80. The maximum absolute atomic E-state index is 13.2. The lowest BCUT2D eigenvalue weighted by molar-refractivity contribution is -0.124. The van der Waals surface area contributed by atoms with Gasteiger partial charge in [0.2, 0.25) is 5.91 Å². The molecule has 2 fully saturated rings. The minimum atomic E-state index is -0.257. The Hall–Kier alpha value is -1.75. The van der Waals surface area contributed by atoms with E-state index in [9.17, 15) is 9.59 Å². The number of benzene rings is 1. The highest BCUT2D eigenvalue weighted by molar-refractivity contribution is 6.30. The van der Waals surface area contributed by atoms with Gasteiger partial charge in [-0.05, 0) is 56.2 Å². The standard InChI is InChI=1S/C21H29ClN2O3/c1-2-27-21(26)24-13-11-18(12-14-24)23-20(25)19(15-5-3-4-6-15)16-7-9-17(22)10-8-16/h7-10,15,18-19H,2-6,11-14H2,1H3,(H,23,25). The molecule has 3 rings (SSSR count). The Morgan fingerprint density at radius 1 is 1.15 bits per heavy atom. The largest absolute Gasteiger partial charge is 0.450 e. The van der Waals surface area contributed by atoms with Crippen LogP contribution in [0.5, 0.6) is 0 Å². The molecule has 1 N–H and O–H groups in total. The molecule has 2 aliphatic rings. The molecule has 1 heterocycles. The lowest BCUT2D eigenvalue weighted by Gasteiger charge is -2.33. The van der Waals surface area contributed by atoms with Crippen LogP contribution in [-0.4, -0.2) is 42.6 Å². The van der Waals surface area contributed by atoms with E-state index in [0.29, 0.717) is 30.6 Å². The van der Waals surface area contributed by atoms with E-state index in [-0.39, 0.29) is 24.0 Å². The van der Waals surface area contributed by atoms with Gasteiger partial charge in [-0.25, -0.2) is 4.79 Å². The van der Waals surface area contributed by atoms with E-state index in [4.69, 9.17) is 16.3 Å². The number of hydrogen-bond donors (Lipinski definition) is 1. The van der Waals surface area contributed by atoms with Gasteiger partial charge in [0.25, 0.3) is 0 Å². The highest BCUT2D eigenvalue weighted by Crippen LogP contribution is 2.38. The molecule has 5 nitrogen and oxygen atoms in total. The minimum absolute atomic E-state index is 0.110. The number of rotatable bonds is 5. The molecule has 1 saturated heterocycles. The van der Waals surface area contributed by atoms with Crippen LogP contribution < -0.4 is 5.32 Å². The van der Waals surface area contributed by atoms with E-state index in [1.165, 1.54) is 12.8 Å². The van der Waals surface area contributed by atoms with Gasteiger partial charge in [-0.1, -0.05) is 36.6 Å². The first kappa shape index (κ1) is 20.0. The second-order valence-electron chi connectivity index (χ2n) is 7.54. The molecule has 0 aromatic heterocycles. The summed E-state index contributed by atoms with van der Waals surface area (Å²) in [6.45, 7) is 3.45. The van der Waals surface area contributed by atoms with Crippen molar-refractivity contribution in [3.05, 3.63) is 34.9 Å². The molecule has 27 heavy (non-hydrogen) atoms. The van der Waals surface area contributed by atoms with Gasteiger partial charge < -0.3 is 15.0 Å². The number of nitrogens with one attached hydrogen (secondary N) is 1. The molecule has 1 aliphatic heterocycles. The van der Waals surface area contributed by atoms with E-state index in [2.05, 4.69) is 5.32 Å². The van der Waals surface area contributed by atoms with Crippen molar-refractivity contribution < 1.29 is 14.3 Å². The lowest BCUT2D eigenvalue weighted by Crippen LogP contribution is -2.48. The summed E-state index contributed by atoms with van der Waals surface area (Å²) in [5, 5.41) is 3.94. The van der Waals surface area contributed by atoms with Crippen LogP contribution in [0.3, 0.4) is 0 Å². The van der Waals surface area contributed by atoms with Gasteiger partial charge in [0.15, 0.2) is 0 Å². The third-order valence-corrected chi connectivity index (χ3v) is 6.00. The predicted octanol–water partition coefficient (Wildman–Crippen LogP) is 4.35. The van der Waals surface area contributed by atoms with Crippen molar-refractivity contribution in [1.29, 1.82) is 0 Å². The van der Waals surface area contributed by atoms with Crippen LogP contribution in [0.2, 0.25) is 5.02 Å². The van der Waals surface area contributed by atoms with Gasteiger partial charge >= 0.3 is 6.09 Å². The van der Waals surface area contributed by atoms with Gasteiger partial charge in [-0.3, -0.25) is 4.79 Å². The molecule has 1 unspecified atom stereocenters. The first-order valence-corrected chi connectivity index (χ1v) is 10.4. The normalized spacial score (nSPS) is 19.7. The third-order valence-electron chi connectivity index (χ3n) is 5.75. The molecule has 0 radical (unpaired) electrons. The summed E-state index contributed by atoms with van der Waals surface area (Å²) in [7, 11) is 0. The molecule has 0 bridgehead atoms. The highest BCUT2D eigenvalue weighted by atomic mass is 35.5. The topological polar surface area (TPSA) is 58.6 Å². The number of ether oxygens (including phenoxy) is 1. The molecule has 1 aromatic carbocycles. The van der Waals surface area contributed by atoms with Gasteiger partial charge in [0.05, 0.1) is 12.5 Å². The zero-order valence-corrected chi connectivity index (χ0v) is 16.7. The summed E-state index contributed by atoms with van der Waals surface area (Å²) in [4.78, 5) is 26.7. The number of hydrogen-bond acceptors (Lipinski definition) is 3. The van der Waals surface area contributed by atoms with Crippen LogP contribution >= 0.6 is 11.6 Å². The molecule has 1 saturated carbocycles. The fourth-order valence-electron chi connectivity index (χ4n) is 4.31. The van der Waals surface area contributed by atoms with Gasteiger partial charge in [0.1, 0.15) is 0 Å². The van der Waals surface area contributed by atoms with Crippen molar-refractivity contribution in [3.8, 4) is 0 Å². The Labute approximate surface area is 166 Å².